The summed E-state index contributed by atoms with van der Waals surface area (Å²) >= 11 is 0. The Balaban J connectivity index is 2.06. The number of amides is 1. The van der Waals surface area contributed by atoms with Crippen LogP contribution in [0.3, 0.4) is 0 Å². The summed E-state index contributed by atoms with van der Waals surface area (Å²) in [5, 5.41) is 20.0. The summed E-state index contributed by atoms with van der Waals surface area (Å²) in [6, 6.07) is 6.23. The number of fused-ring (bicyclic) bond motifs is 1. The van der Waals surface area contributed by atoms with E-state index in [0.29, 0.717) is 16.9 Å². The lowest BCUT2D eigenvalue weighted by Gasteiger charge is -2.46. The summed E-state index contributed by atoms with van der Waals surface area (Å²) in [4.78, 5) is 38.3. The highest BCUT2D eigenvalue weighted by Gasteiger charge is 2.61. The van der Waals surface area contributed by atoms with E-state index in [9.17, 15) is 24.6 Å². The summed E-state index contributed by atoms with van der Waals surface area (Å²) in [6.45, 7) is 6.59. The van der Waals surface area contributed by atoms with Gasteiger partial charge >= 0.3 is 11.9 Å². The quantitative estimate of drug-likeness (QED) is 0.537. The smallest absolute Gasteiger partial charge is 0.352 e. The first kappa shape index (κ1) is 21.8. The van der Waals surface area contributed by atoms with Gasteiger partial charge in [-0.2, -0.15) is 0 Å². The molecule has 2 N–H and O–H groups in total. The Morgan fingerprint density at radius 3 is 2.27 bits per heavy atom. The van der Waals surface area contributed by atoms with Crippen LogP contribution < -0.4 is 4.74 Å². The number of rotatable bonds is 6. The van der Waals surface area contributed by atoms with Crippen LogP contribution in [0.5, 0.6) is 5.75 Å². The van der Waals surface area contributed by atoms with E-state index in [1.54, 1.807) is 45.0 Å². The maximum Gasteiger partial charge on any atom is 0.352 e. The van der Waals surface area contributed by atoms with E-state index >= 15 is 0 Å². The standard InChI is InChI=1S/C22H27NO7/c1-11(24)15-17-14(10-30-21(28)22(2,3)4)16(12-6-8-13(29-5)9-7-12)18(20(26)27)23(17)19(15)25/h6-9,11,14-15,17,24H,10H2,1-5H3,(H,26,27)/t11-,14?,15-,17-/m1/s1. The van der Waals surface area contributed by atoms with Gasteiger partial charge < -0.3 is 24.6 Å². The molecule has 0 saturated carbocycles. The van der Waals surface area contributed by atoms with E-state index in [1.807, 2.05) is 0 Å². The Hall–Kier alpha value is -2.87. The first-order chi connectivity index (χ1) is 14.0. The summed E-state index contributed by atoms with van der Waals surface area (Å²) in [5.74, 6) is -2.84. The van der Waals surface area contributed by atoms with E-state index < -0.39 is 47.2 Å². The Morgan fingerprint density at radius 1 is 1.20 bits per heavy atom. The van der Waals surface area contributed by atoms with Crippen LogP contribution in [0.2, 0.25) is 0 Å². The lowest BCUT2D eigenvalue weighted by Crippen LogP contribution is -2.64. The lowest BCUT2D eigenvalue weighted by atomic mass is 9.76. The fraction of sp³-hybridized carbons (Fsp3) is 0.500. The highest BCUT2D eigenvalue weighted by molar-refractivity contribution is 6.06. The number of ether oxygens (including phenoxy) is 2. The number of carbonyl (C=O) groups excluding carboxylic acids is 2. The van der Waals surface area contributed by atoms with Crippen molar-refractivity contribution in [3.05, 3.63) is 35.5 Å². The van der Waals surface area contributed by atoms with E-state index in [2.05, 4.69) is 0 Å². The molecule has 2 heterocycles. The van der Waals surface area contributed by atoms with Crippen LogP contribution in [0.4, 0.5) is 0 Å². The average Bonchev–Trinajstić information content (AvgIpc) is 2.95. The molecule has 0 spiro atoms. The van der Waals surface area contributed by atoms with Crippen LogP contribution in [0, 0.1) is 17.3 Å². The lowest BCUT2D eigenvalue weighted by molar-refractivity contribution is -0.166. The number of aliphatic carboxylic acids is 1. The normalized spacial score (nSPS) is 24.3. The minimum atomic E-state index is -1.24. The Bertz CT molecular complexity index is 895. The number of hydrogen-bond acceptors (Lipinski definition) is 6. The van der Waals surface area contributed by atoms with Crippen LogP contribution in [-0.4, -0.2) is 58.8 Å². The first-order valence-corrected chi connectivity index (χ1v) is 9.79. The summed E-state index contributed by atoms with van der Waals surface area (Å²) < 4.78 is 10.7. The molecule has 1 saturated heterocycles. The molecule has 2 aliphatic rings. The van der Waals surface area contributed by atoms with Crippen LogP contribution in [0.15, 0.2) is 30.0 Å². The zero-order valence-electron chi connectivity index (χ0n) is 17.7. The Kier molecular flexibility index (Phi) is 5.64. The molecule has 162 valence electrons. The molecule has 30 heavy (non-hydrogen) atoms. The van der Waals surface area contributed by atoms with E-state index in [4.69, 9.17) is 9.47 Å². The average molecular weight is 417 g/mol. The molecular weight excluding hydrogens is 390 g/mol. The highest BCUT2D eigenvalue weighted by Crippen LogP contribution is 2.51. The van der Waals surface area contributed by atoms with Crippen molar-refractivity contribution >= 4 is 23.4 Å². The number of methoxy groups -OCH3 is 1. The van der Waals surface area contributed by atoms with Gasteiger partial charge in [0.1, 0.15) is 18.1 Å². The van der Waals surface area contributed by atoms with Crippen molar-refractivity contribution in [1.82, 2.24) is 4.90 Å². The molecule has 8 heteroatoms. The van der Waals surface area contributed by atoms with E-state index in [0.717, 1.165) is 0 Å². The van der Waals surface area contributed by atoms with Gasteiger partial charge in [0.25, 0.3) is 0 Å². The molecule has 0 bridgehead atoms. The molecule has 4 atom stereocenters. The number of β-lactam (4-membered cyclic amide) rings is 1. The minimum Gasteiger partial charge on any atom is -0.497 e. The predicted molar refractivity (Wildman–Crippen MR) is 107 cm³/mol. The third-order valence-corrected chi connectivity index (χ3v) is 5.60. The monoisotopic (exact) mass is 417 g/mol. The number of carboxylic acid groups (broad SMARTS) is 1. The molecule has 0 aliphatic carbocycles. The molecule has 1 amide bonds. The third kappa shape index (κ3) is 3.56. The summed E-state index contributed by atoms with van der Waals surface area (Å²) in [6.07, 6.45) is -0.954. The number of aliphatic hydroxyl groups is 1. The molecule has 2 aliphatic heterocycles. The van der Waals surface area contributed by atoms with Crippen molar-refractivity contribution in [3.8, 4) is 5.75 Å². The fourth-order valence-corrected chi connectivity index (χ4v) is 4.09. The Morgan fingerprint density at radius 2 is 1.80 bits per heavy atom. The Labute approximate surface area is 175 Å². The van der Waals surface area contributed by atoms with Crippen LogP contribution >= 0.6 is 0 Å². The third-order valence-electron chi connectivity index (χ3n) is 5.60. The van der Waals surface area contributed by atoms with Gasteiger partial charge in [0.05, 0.1) is 30.6 Å². The highest BCUT2D eigenvalue weighted by atomic mass is 16.5. The van der Waals surface area contributed by atoms with Gasteiger partial charge in [0.15, 0.2) is 0 Å². The van der Waals surface area contributed by atoms with Gasteiger partial charge in [-0.3, -0.25) is 9.59 Å². The van der Waals surface area contributed by atoms with Crippen molar-refractivity contribution in [3.63, 3.8) is 0 Å². The van der Waals surface area contributed by atoms with Gasteiger partial charge in [-0.25, -0.2) is 4.79 Å². The topological polar surface area (TPSA) is 113 Å². The van der Waals surface area contributed by atoms with Crippen LogP contribution in [0.1, 0.15) is 33.3 Å². The summed E-state index contributed by atoms with van der Waals surface area (Å²) in [5.41, 5.74) is 0.144. The SMILES string of the molecule is COc1ccc(C2=C(C(=O)O)N3C(=O)[C@H]([C@@H](C)O)[C@H]3C2COC(=O)C(C)(C)C)cc1. The number of hydrogen-bond donors (Lipinski definition) is 2. The van der Waals surface area contributed by atoms with E-state index in [1.165, 1.54) is 18.9 Å². The molecule has 1 unspecified atom stereocenters. The number of carboxylic acids is 1. The largest absolute Gasteiger partial charge is 0.497 e. The van der Waals surface area contributed by atoms with Crippen molar-refractivity contribution in [2.75, 3.05) is 13.7 Å². The molecule has 8 nitrogen and oxygen atoms in total. The maximum absolute atomic E-state index is 12.7. The van der Waals surface area contributed by atoms with E-state index in [-0.39, 0.29) is 12.3 Å². The van der Waals surface area contributed by atoms with Gasteiger partial charge in [0, 0.05) is 5.92 Å². The molecule has 1 fully saturated rings. The van der Waals surface area contributed by atoms with Crippen molar-refractivity contribution in [2.45, 2.75) is 39.8 Å². The van der Waals surface area contributed by atoms with Crippen LogP contribution in [-0.2, 0) is 19.1 Å². The zero-order chi connectivity index (χ0) is 22.4. The molecule has 1 aromatic rings. The summed E-state index contributed by atoms with van der Waals surface area (Å²) in [7, 11) is 1.53. The van der Waals surface area contributed by atoms with Crippen molar-refractivity contribution < 1.29 is 34.1 Å². The number of carbonyl (C=O) groups is 3. The zero-order valence-corrected chi connectivity index (χ0v) is 17.7. The van der Waals surface area contributed by atoms with Gasteiger partial charge in [-0.05, 0) is 51.0 Å². The van der Waals surface area contributed by atoms with Gasteiger partial charge in [-0.15, -0.1) is 0 Å². The van der Waals surface area contributed by atoms with Crippen molar-refractivity contribution in [1.29, 1.82) is 0 Å². The maximum atomic E-state index is 12.7. The molecule has 3 rings (SSSR count). The van der Waals surface area contributed by atoms with Crippen molar-refractivity contribution in [2.24, 2.45) is 17.3 Å². The molecular formula is C22H27NO7. The molecule has 0 radical (unpaired) electrons. The molecule has 1 aromatic carbocycles. The number of esters is 1. The van der Waals surface area contributed by atoms with Crippen LogP contribution in [0.25, 0.3) is 5.57 Å². The fourth-order valence-electron chi connectivity index (χ4n) is 4.09. The second-order valence-electron chi connectivity index (χ2n) is 8.72. The molecule has 0 aromatic heterocycles. The van der Waals surface area contributed by atoms with Gasteiger partial charge in [0.2, 0.25) is 5.91 Å². The second kappa shape index (κ2) is 7.75. The number of aliphatic hydroxyl groups excluding tert-OH is 1. The predicted octanol–water partition coefficient (Wildman–Crippen LogP) is 1.92. The number of nitrogens with zero attached hydrogens (tertiary/aromatic N) is 1. The second-order valence-corrected chi connectivity index (χ2v) is 8.72. The van der Waals surface area contributed by atoms with Gasteiger partial charge in [-0.1, -0.05) is 12.1 Å². The first-order valence-electron chi connectivity index (χ1n) is 9.79. The minimum absolute atomic E-state index is 0.0914. The number of benzene rings is 1.